The lowest BCUT2D eigenvalue weighted by Gasteiger charge is -2.11. The number of anilines is 1. The van der Waals surface area contributed by atoms with Crippen LogP contribution in [-0.2, 0) is 19.6 Å². The first-order chi connectivity index (χ1) is 13.3. The van der Waals surface area contributed by atoms with Crippen LogP contribution in [0.4, 0.5) is 5.82 Å². The van der Waals surface area contributed by atoms with Gasteiger partial charge in [0.05, 0.1) is 12.2 Å². The van der Waals surface area contributed by atoms with Gasteiger partial charge in [0, 0.05) is 47.6 Å². The second-order valence-corrected chi connectivity index (χ2v) is 6.67. The van der Waals surface area contributed by atoms with E-state index in [0.29, 0.717) is 12.4 Å². The molecule has 4 heterocycles. The first-order valence-electron chi connectivity index (χ1n) is 9.01. The number of fused-ring (bicyclic) bond motifs is 2. The molecule has 1 aliphatic rings. The summed E-state index contributed by atoms with van der Waals surface area (Å²) in [7, 11) is 0. The van der Waals surface area contributed by atoms with Gasteiger partial charge >= 0.3 is 0 Å². The summed E-state index contributed by atoms with van der Waals surface area (Å²) in [5, 5.41) is 7.98. The van der Waals surface area contributed by atoms with Crippen molar-refractivity contribution in [2.45, 2.75) is 26.6 Å². The minimum atomic E-state index is 0.580. The molecular formula is C21H19N5O. The molecule has 4 aromatic rings. The lowest BCUT2D eigenvalue weighted by Crippen LogP contribution is -2.08. The minimum absolute atomic E-state index is 0.580. The van der Waals surface area contributed by atoms with Crippen molar-refractivity contribution < 1.29 is 4.42 Å². The van der Waals surface area contributed by atoms with Gasteiger partial charge in [0.1, 0.15) is 17.2 Å². The highest BCUT2D eigenvalue weighted by molar-refractivity contribution is 5.82. The Hall–Kier alpha value is -3.25. The van der Waals surface area contributed by atoms with E-state index in [0.717, 1.165) is 58.0 Å². The lowest BCUT2D eigenvalue weighted by molar-refractivity contribution is 0.555. The highest BCUT2D eigenvalue weighted by atomic mass is 16.3. The minimum Gasteiger partial charge on any atom is -0.459 e. The molecule has 5 rings (SSSR count). The molecule has 2 N–H and O–H groups in total. The standard InChI is InChI=1S/C21H19N5O/c1-13-15-6-2-3-7-18(15)27-19(13)12-24-21-16-10-23-11-17(16)25-20(26-21)14-5-4-8-22-9-14/h2-9,23H,10-12H2,1H3,(H,24,25,26). The Labute approximate surface area is 156 Å². The predicted molar refractivity (Wildman–Crippen MR) is 104 cm³/mol. The number of benzene rings is 1. The predicted octanol–water partition coefficient (Wildman–Crippen LogP) is 3.81. The topological polar surface area (TPSA) is 75.9 Å². The molecule has 3 aromatic heterocycles. The van der Waals surface area contributed by atoms with Crippen LogP contribution in [0.1, 0.15) is 22.6 Å². The third kappa shape index (κ3) is 2.84. The van der Waals surface area contributed by atoms with Gasteiger partial charge in [-0.1, -0.05) is 18.2 Å². The first-order valence-corrected chi connectivity index (χ1v) is 9.01. The van der Waals surface area contributed by atoms with E-state index in [1.54, 1.807) is 12.4 Å². The van der Waals surface area contributed by atoms with Gasteiger partial charge in [-0.15, -0.1) is 0 Å². The fourth-order valence-electron chi connectivity index (χ4n) is 3.50. The van der Waals surface area contributed by atoms with Crippen LogP contribution in [0.2, 0.25) is 0 Å². The number of rotatable bonds is 4. The zero-order valence-corrected chi connectivity index (χ0v) is 15.0. The van der Waals surface area contributed by atoms with Gasteiger partial charge in [0.15, 0.2) is 5.82 Å². The van der Waals surface area contributed by atoms with Crippen molar-refractivity contribution >= 4 is 16.8 Å². The highest BCUT2D eigenvalue weighted by Gasteiger charge is 2.20. The number of aryl methyl sites for hydroxylation is 1. The Balaban J connectivity index is 1.49. The summed E-state index contributed by atoms with van der Waals surface area (Å²) in [5.41, 5.74) is 5.14. The number of hydrogen-bond acceptors (Lipinski definition) is 6. The Bertz CT molecular complexity index is 1120. The van der Waals surface area contributed by atoms with Crippen LogP contribution in [0.3, 0.4) is 0 Å². The van der Waals surface area contributed by atoms with Gasteiger partial charge < -0.3 is 15.1 Å². The maximum Gasteiger partial charge on any atom is 0.163 e. The summed E-state index contributed by atoms with van der Waals surface area (Å²) >= 11 is 0. The number of para-hydroxylation sites is 1. The third-order valence-corrected chi connectivity index (χ3v) is 4.97. The van der Waals surface area contributed by atoms with E-state index in [4.69, 9.17) is 14.4 Å². The molecule has 0 atom stereocenters. The molecule has 6 heteroatoms. The van der Waals surface area contributed by atoms with Gasteiger partial charge in [0.25, 0.3) is 0 Å². The Morgan fingerprint density at radius 1 is 1.11 bits per heavy atom. The van der Waals surface area contributed by atoms with Crippen molar-refractivity contribution in [3.63, 3.8) is 0 Å². The lowest BCUT2D eigenvalue weighted by atomic mass is 10.1. The molecule has 0 bridgehead atoms. The summed E-state index contributed by atoms with van der Waals surface area (Å²) < 4.78 is 6.02. The molecule has 1 aromatic carbocycles. The SMILES string of the molecule is Cc1c(CNc2nc(-c3cccnc3)nc3c2CNC3)oc2ccccc12. The maximum absolute atomic E-state index is 6.02. The average molecular weight is 357 g/mol. The van der Waals surface area contributed by atoms with E-state index in [-0.39, 0.29) is 0 Å². The van der Waals surface area contributed by atoms with Crippen LogP contribution in [-0.4, -0.2) is 15.0 Å². The molecule has 0 unspecified atom stereocenters. The smallest absolute Gasteiger partial charge is 0.163 e. The Kier molecular flexibility index (Phi) is 3.83. The molecule has 27 heavy (non-hydrogen) atoms. The van der Waals surface area contributed by atoms with Crippen LogP contribution in [0, 0.1) is 6.92 Å². The van der Waals surface area contributed by atoms with E-state index in [1.165, 1.54) is 0 Å². The fraction of sp³-hybridized carbons (Fsp3) is 0.190. The van der Waals surface area contributed by atoms with Crippen molar-refractivity contribution in [1.82, 2.24) is 20.3 Å². The molecule has 1 aliphatic heterocycles. The van der Waals surface area contributed by atoms with Gasteiger partial charge in [-0.05, 0) is 25.1 Å². The summed E-state index contributed by atoms with van der Waals surface area (Å²) in [4.78, 5) is 13.7. The molecule has 0 radical (unpaired) electrons. The first kappa shape index (κ1) is 16.0. The maximum atomic E-state index is 6.02. The number of aromatic nitrogens is 3. The summed E-state index contributed by atoms with van der Waals surface area (Å²) in [6.45, 7) is 4.19. The number of nitrogens with zero attached hydrogens (tertiary/aromatic N) is 3. The van der Waals surface area contributed by atoms with Crippen molar-refractivity contribution in [3.05, 3.63) is 71.4 Å². The normalized spacial score (nSPS) is 13.1. The molecule has 0 saturated heterocycles. The third-order valence-electron chi connectivity index (χ3n) is 4.97. The molecule has 0 fully saturated rings. The van der Waals surface area contributed by atoms with Gasteiger partial charge in [-0.25, -0.2) is 9.97 Å². The van der Waals surface area contributed by atoms with E-state index in [9.17, 15) is 0 Å². The van der Waals surface area contributed by atoms with Crippen LogP contribution >= 0.6 is 0 Å². The van der Waals surface area contributed by atoms with Gasteiger partial charge in [0.2, 0.25) is 0 Å². The molecular weight excluding hydrogens is 338 g/mol. The monoisotopic (exact) mass is 357 g/mol. The molecule has 0 saturated carbocycles. The second-order valence-electron chi connectivity index (χ2n) is 6.67. The van der Waals surface area contributed by atoms with E-state index >= 15 is 0 Å². The molecule has 0 amide bonds. The second kappa shape index (κ2) is 6.48. The summed E-state index contributed by atoms with van der Waals surface area (Å²) in [5.74, 6) is 2.47. The fourth-order valence-corrected chi connectivity index (χ4v) is 3.50. The van der Waals surface area contributed by atoms with Crippen LogP contribution < -0.4 is 10.6 Å². The Morgan fingerprint density at radius 2 is 2.04 bits per heavy atom. The average Bonchev–Trinajstić information content (AvgIpc) is 3.32. The van der Waals surface area contributed by atoms with Crippen LogP contribution in [0.5, 0.6) is 0 Å². The van der Waals surface area contributed by atoms with E-state index in [2.05, 4.69) is 28.6 Å². The number of hydrogen-bond donors (Lipinski definition) is 2. The molecule has 134 valence electrons. The molecule has 0 aliphatic carbocycles. The summed E-state index contributed by atoms with van der Waals surface area (Å²) in [6, 6.07) is 12.0. The van der Waals surface area contributed by atoms with Gasteiger partial charge in [-0.3, -0.25) is 4.98 Å². The van der Waals surface area contributed by atoms with Crippen LogP contribution in [0.25, 0.3) is 22.4 Å². The van der Waals surface area contributed by atoms with Crippen molar-refractivity contribution in [3.8, 4) is 11.4 Å². The van der Waals surface area contributed by atoms with E-state index < -0.39 is 0 Å². The zero-order valence-electron chi connectivity index (χ0n) is 15.0. The highest BCUT2D eigenvalue weighted by Crippen LogP contribution is 2.28. The zero-order chi connectivity index (χ0) is 18.2. The quantitative estimate of drug-likeness (QED) is 0.578. The van der Waals surface area contributed by atoms with Crippen molar-refractivity contribution in [2.24, 2.45) is 0 Å². The number of furan rings is 1. The van der Waals surface area contributed by atoms with E-state index in [1.807, 2.05) is 30.3 Å². The Morgan fingerprint density at radius 3 is 2.89 bits per heavy atom. The van der Waals surface area contributed by atoms with Crippen molar-refractivity contribution in [2.75, 3.05) is 5.32 Å². The van der Waals surface area contributed by atoms with Gasteiger partial charge in [-0.2, -0.15) is 0 Å². The molecule has 6 nitrogen and oxygen atoms in total. The number of nitrogens with one attached hydrogen (secondary N) is 2. The van der Waals surface area contributed by atoms with Crippen LogP contribution in [0.15, 0.2) is 53.2 Å². The number of pyridine rings is 1. The molecule has 0 spiro atoms. The largest absolute Gasteiger partial charge is 0.459 e. The van der Waals surface area contributed by atoms with Crippen molar-refractivity contribution in [1.29, 1.82) is 0 Å². The summed E-state index contributed by atoms with van der Waals surface area (Å²) in [6.07, 6.45) is 3.54.